The first-order valence-corrected chi connectivity index (χ1v) is 6.32. The van der Waals surface area contributed by atoms with Gasteiger partial charge in [0.15, 0.2) is 0 Å². The summed E-state index contributed by atoms with van der Waals surface area (Å²) in [5, 5.41) is 3.42. The zero-order valence-corrected chi connectivity index (χ0v) is 9.67. The Bertz CT molecular complexity index is 220. The summed E-state index contributed by atoms with van der Waals surface area (Å²) in [7, 11) is 0. The van der Waals surface area contributed by atoms with Gasteiger partial charge < -0.3 is 10.2 Å². The maximum Gasteiger partial charge on any atom is 0.239 e. The molecule has 1 aliphatic carbocycles. The number of amides is 1. The highest BCUT2D eigenvalue weighted by Crippen LogP contribution is 2.19. The van der Waals surface area contributed by atoms with Crippen molar-refractivity contribution in [2.45, 2.75) is 57.5 Å². The van der Waals surface area contributed by atoms with E-state index in [1.54, 1.807) is 0 Å². The van der Waals surface area contributed by atoms with Gasteiger partial charge in [-0.1, -0.05) is 6.42 Å². The fraction of sp³-hybridized carbons (Fsp3) is 0.917. The molecular formula is C12H22N2O. The highest BCUT2D eigenvalue weighted by Gasteiger charge is 2.26. The Balaban J connectivity index is 1.77. The van der Waals surface area contributed by atoms with Crippen LogP contribution in [0.4, 0.5) is 0 Å². The molecule has 86 valence electrons. The summed E-state index contributed by atoms with van der Waals surface area (Å²) in [5.74, 6) is 0.307. The minimum absolute atomic E-state index is 0.0217. The molecule has 1 saturated heterocycles. The molecule has 1 saturated carbocycles. The van der Waals surface area contributed by atoms with Crippen LogP contribution in [-0.2, 0) is 4.79 Å². The Labute approximate surface area is 92.2 Å². The van der Waals surface area contributed by atoms with E-state index in [2.05, 4.69) is 5.32 Å². The average Bonchev–Trinajstić information content (AvgIpc) is 2.23. The van der Waals surface area contributed by atoms with Crippen LogP contribution in [0.25, 0.3) is 0 Å². The van der Waals surface area contributed by atoms with Crippen molar-refractivity contribution in [3.05, 3.63) is 0 Å². The lowest BCUT2D eigenvalue weighted by atomic mass is 9.92. The Kier molecular flexibility index (Phi) is 3.62. The number of hydrogen-bond donors (Lipinski definition) is 1. The maximum absolute atomic E-state index is 12.0. The van der Waals surface area contributed by atoms with E-state index in [0.29, 0.717) is 11.9 Å². The van der Waals surface area contributed by atoms with Gasteiger partial charge in [-0.05, 0) is 39.0 Å². The van der Waals surface area contributed by atoms with E-state index in [1.807, 2.05) is 11.8 Å². The van der Waals surface area contributed by atoms with Gasteiger partial charge in [0.1, 0.15) is 0 Å². The fourth-order valence-corrected chi connectivity index (χ4v) is 2.39. The normalized spacial score (nSPS) is 24.7. The molecule has 0 radical (unpaired) electrons. The molecule has 0 aromatic carbocycles. The summed E-state index contributed by atoms with van der Waals surface area (Å²) < 4.78 is 0. The average molecular weight is 210 g/mol. The molecule has 0 aromatic rings. The van der Waals surface area contributed by atoms with Gasteiger partial charge in [-0.15, -0.1) is 0 Å². The number of nitrogens with one attached hydrogen (secondary N) is 1. The van der Waals surface area contributed by atoms with Crippen LogP contribution in [0.15, 0.2) is 0 Å². The molecule has 2 rings (SSSR count). The molecule has 0 bridgehead atoms. The van der Waals surface area contributed by atoms with Crippen LogP contribution in [0.1, 0.15) is 45.4 Å². The van der Waals surface area contributed by atoms with Crippen molar-refractivity contribution in [3.63, 3.8) is 0 Å². The molecule has 0 spiro atoms. The van der Waals surface area contributed by atoms with E-state index in [-0.39, 0.29) is 6.04 Å². The second-order valence-electron chi connectivity index (χ2n) is 4.90. The second-order valence-corrected chi connectivity index (χ2v) is 4.90. The zero-order chi connectivity index (χ0) is 10.7. The lowest BCUT2D eigenvalue weighted by molar-refractivity contribution is -0.134. The van der Waals surface area contributed by atoms with Gasteiger partial charge in [-0.25, -0.2) is 0 Å². The van der Waals surface area contributed by atoms with Gasteiger partial charge in [-0.3, -0.25) is 4.79 Å². The summed E-state index contributed by atoms with van der Waals surface area (Å²) >= 11 is 0. The van der Waals surface area contributed by atoms with Gasteiger partial charge in [0.25, 0.3) is 0 Å². The second kappa shape index (κ2) is 4.97. The maximum atomic E-state index is 12.0. The van der Waals surface area contributed by atoms with Crippen LogP contribution in [0.3, 0.4) is 0 Å². The monoisotopic (exact) mass is 210 g/mol. The van der Waals surface area contributed by atoms with Gasteiger partial charge in [0.05, 0.1) is 6.04 Å². The number of carbonyl (C=O) groups is 1. The Morgan fingerprint density at radius 1 is 1.20 bits per heavy atom. The summed E-state index contributed by atoms with van der Waals surface area (Å²) in [6, 6.07) is 0.627. The minimum Gasteiger partial charge on any atom is -0.341 e. The third-order valence-corrected chi connectivity index (χ3v) is 3.63. The summed E-state index contributed by atoms with van der Waals surface area (Å²) in [6.07, 6.45) is 7.47. The number of likely N-dealkylation sites (tertiary alicyclic amines) is 1. The highest BCUT2D eigenvalue weighted by molar-refractivity contribution is 5.81. The molecule has 3 nitrogen and oxygen atoms in total. The fourth-order valence-electron chi connectivity index (χ4n) is 2.39. The van der Waals surface area contributed by atoms with Crippen molar-refractivity contribution in [1.29, 1.82) is 0 Å². The molecule has 1 atom stereocenters. The molecule has 3 heteroatoms. The molecule has 2 fully saturated rings. The topological polar surface area (TPSA) is 32.3 Å². The number of rotatable bonds is 3. The molecule has 1 amide bonds. The number of hydrogen-bond acceptors (Lipinski definition) is 2. The van der Waals surface area contributed by atoms with Crippen LogP contribution in [0, 0.1) is 0 Å². The van der Waals surface area contributed by atoms with Gasteiger partial charge in [-0.2, -0.15) is 0 Å². The first-order chi connectivity index (χ1) is 7.27. The highest BCUT2D eigenvalue weighted by atomic mass is 16.2. The molecule has 1 heterocycles. The summed E-state index contributed by atoms with van der Waals surface area (Å²) in [6.45, 7) is 3.94. The SMILES string of the molecule is C[C@H](NC1CCC1)C(=O)N1CCCCC1. The Morgan fingerprint density at radius 3 is 2.40 bits per heavy atom. The minimum atomic E-state index is 0.0217. The van der Waals surface area contributed by atoms with Crippen LogP contribution >= 0.6 is 0 Å². The predicted molar refractivity (Wildman–Crippen MR) is 60.7 cm³/mol. The van der Waals surface area contributed by atoms with E-state index in [1.165, 1.54) is 38.5 Å². The third kappa shape index (κ3) is 2.71. The third-order valence-electron chi connectivity index (χ3n) is 3.63. The van der Waals surface area contributed by atoms with E-state index < -0.39 is 0 Å². The summed E-state index contributed by atoms with van der Waals surface area (Å²) in [5.41, 5.74) is 0. The quantitative estimate of drug-likeness (QED) is 0.766. The zero-order valence-electron chi connectivity index (χ0n) is 9.67. The molecule has 2 aliphatic rings. The van der Waals surface area contributed by atoms with E-state index in [4.69, 9.17) is 0 Å². The molecule has 0 unspecified atom stereocenters. The van der Waals surface area contributed by atoms with E-state index in [0.717, 1.165) is 13.1 Å². The lowest BCUT2D eigenvalue weighted by Gasteiger charge is -2.33. The van der Waals surface area contributed by atoms with Crippen molar-refractivity contribution in [1.82, 2.24) is 10.2 Å². The van der Waals surface area contributed by atoms with Crippen LogP contribution in [0.5, 0.6) is 0 Å². The van der Waals surface area contributed by atoms with Crippen molar-refractivity contribution in [2.24, 2.45) is 0 Å². The lowest BCUT2D eigenvalue weighted by Crippen LogP contribution is -2.51. The first-order valence-electron chi connectivity index (χ1n) is 6.32. The first kappa shape index (κ1) is 10.9. The smallest absolute Gasteiger partial charge is 0.239 e. The number of carbonyl (C=O) groups excluding carboxylic acids is 1. The van der Waals surface area contributed by atoms with Gasteiger partial charge in [0.2, 0.25) is 5.91 Å². The van der Waals surface area contributed by atoms with E-state index >= 15 is 0 Å². The van der Waals surface area contributed by atoms with Crippen LogP contribution in [-0.4, -0.2) is 36.0 Å². The molecule has 0 aromatic heterocycles. The van der Waals surface area contributed by atoms with Crippen LogP contribution < -0.4 is 5.32 Å². The van der Waals surface area contributed by atoms with Crippen molar-refractivity contribution in [3.8, 4) is 0 Å². The Morgan fingerprint density at radius 2 is 1.87 bits per heavy atom. The van der Waals surface area contributed by atoms with Crippen LogP contribution in [0.2, 0.25) is 0 Å². The van der Waals surface area contributed by atoms with Crippen molar-refractivity contribution in [2.75, 3.05) is 13.1 Å². The Hall–Kier alpha value is -0.570. The molecule has 1 aliphatic heterocycles. The summed E-state index contributed by atoms with van der Waals surface area (Å²) in [4.78, 5) is 14.1. The van der Waals surface area contributed by atoms with Gasteiger partial charge in [0, 0.05) is 19.1 Å². The van der Waals surface area contributed by atoms with Crippen molar-refractivity contribution >= 4 is 5.91 Å². The van der Waals surface area contributed by atoms with Crippen molar-refractivity contribution < 1.29 is 4.79 Å². The predicted octanol–water partition coefficient (Wildman–Crippen LogP) is 1.53. The molecule has 1 N–H and O–H groups in total. The standard InChI is InChI=1S/C12H22N2O/c1-10(13-11-6-5-7-11)12(15)14-8-3-2-4-9-14/h10-11,13H,2-9H2,1H3/t10-/m0/s1. The van der Waals surface area contributed by atoms with E-state index in [9.17, 15) is 4.79 Å². The number of piperidine rings is 1. The van der Waals surface area contributed by atoms with Gasteiger partial charge >= 0.3 is 0 Å². The molecule has 15 heavy (non-hydrogen) atoms. The largest absolute Gasteiger partial charge is 0.341 e. The number of nitrogens with zero attached hydrogens (tertiary/aromatic N) is 1. The molecular weight excluding hydrogens is 188 g/mol.